The number of hydrogen-bond donors (Lipinski definition) is 2. The second-order valence-electron chi connectivity index (χ2n) is 7.01. The molecule has 1 aromatic heterocycles. The van der Waals surface area contributed by atoms with Crippen LogP contribution in [0.4, 0.5) is 0 Å². The Balaban J connectivity index is 1.53. The van der Waals surface area contributed by atoms with Crippen LogP contribution < -0.4 is 10.1 Å². The van der Waals surface area contributed by atoms with Gasteiger partial charge in [-0.3, -0.25) is 4.79 Å². The number of nitrogens with one attached hydrogen (secondary N) is 2. The molecular formula is C25H24N2O2. The number of ether oxygens (including phenoxy) is 1. The average Bonchev–Trinajstić information content (AvgIpc) is 3.15. The molecule has 0 radical (unpaired) electrons. The van der Waals surface area contributed by atoms with Crippen molar-refractivity contribution in [1.82, 2.24) is 10.3 Å². The van der Waals surface area contributed by atoms with Crippen LogP contribution in [0.15, 0.2) is 78.9 Å². The molecule has 0 atom stereocenters. The zero-order valence-electron chi connectivity index (χ0n) is 16.4. The van der Waals surface area contributed by atoms with Gasteiger partial charge in [-0.2, -0.15) is 0 Å². The minimum Gasteiger partial charge on any atom is -0.497 e. The first-order valence-electron chi connectivity index (χ1n) is 9.79. The Labute approximate surface area is 170 Å². The van der Waals surface area contributed by atoms with Gasteiger partial charge in [0.1, 0.15) is 5.75 Å². The van der Waals surface area contributed by atoms with Gasteiger partial charge in [0.15, 0.2) is 0 Å². The van der Waals surface area contributed by atoms with Gasteiger partial charge in [-0.25, -0.2) is 0 Å². The summed E-state index contributed by atoms with van der Waals surface area (Å²) in [7, 11) is 1.66. The molecule has 0 saturated heterocycles. The molecule has 1 heterocycles. The number of para-hydroxylation sites is 1. The largest absolute Gasteiger partial charge is 0.497 e. The van der Waals surface area contributed by atoms with Crippen LogP contribution in [-0.4, -0.2) is 18.0 Å². The number of methoxy groups -OCH3 is 1. The van der Waals surface area contributed by atoms with E-state index in [2.05, 4.69) is 22.4 Å². The van der Waals surface area contributed by atoms with Gasteiger partial charge >= 0.3 is 0 Å². The zero-order chi connectivity index (χ0) is 20.1. The Morgan fingerprint density at radius 3 is 2.41 bits per heavy atom. The maximum absolute atomic E-state index is 12.4. The van der Waals surface area contributed by atoms with Crippen LogP contribution in [0, 0.1) is 0 Å². The van der Waals surface area contributed by atoms with Crippen molar-refractivity contribution < 1.29 is 9.53 Å². The Kier molecular flexibility index (Phi) is 5.61. The number of aromatic nitrogens is 1. The van der Waals surface area contributed by atoms with Crippen LogP contribution in [-0.2, 0) is 17.8 Å². The smallest absolute Gasteiger partial charge is 0.220 e. The third-order valence-electron chi connectivity index (χ3n) is 5.13. The van der Waals surface area contributed by atoms with Crippen molar-refractivity contribution in [1.29, 1.82) is 0 Å². The van der Waals surface area contributed by atoms with E-state index in [1.54, 1.807) is 7.11 Å². The van der Waals surface area contributed by atoms with Gasteiger partial charge in [-0.1, -0.05) is 48.5 Å². The van der Waals surface area contributed by atoms with E-state index < -0.39 is 0 Å². The summed E-state index contributed by atoms with van der Waals surface area (Å²) in [6, 6.07) is 26.2. The number of fused-ring (bicyclic) bond motifs is 1. The molecule has 4 nitrogen and oxygen atoms in total. The number of aromatic amines is 1. The summed E-state index contributed by atoms with van der Waals surface area (Å²) in [4.78, 5) is 16.0. The van der Waals surface area contributed by atoms with Crippen molar-refractivity contribution >= 4 is 16.8 Å². The lowest BCUT2D eigenvalue weighted by Crippen LogP contribution is -2.23. The van der Waals surface area contributed by atoms with E-state index >= 15 is 0 Å². The number of carbonyl (C=O) groups is 1. The highest BCUT2D eigenvalue weighted by Gasteiger charge is 2.14. The Bertz CT molecular complexity index is 1100. The lowest BCUT2D eigenvalue weighted by atomic mass is 10.0. The van der Waals surface area contributed by atoms with E-state index in [1.165, 1.54) is 5.56 Å². The molecule has 0 saturated carbocycles. The molecule has 0 aliphatic carbocycles. The molecule has 0 fully saturated rings. The van der Waals surface area contributed by atoms with E-state index in [0.717, 1.165) is 33.5 Å². The molecule has 0 aliphatic rings. The molecule has 3 aromatic carbocycles. The molecule has 4 aromatic rings. The summed E-state index contributed by atoms with van der Waals surface area (Å²) in [6.07, 6.45) is 1.11. The highest BCUT2D eigenvalue weighted by atomic mass is 16.5. The van der Waals surface area contributed by atoms with Gasteiger partial charge in [0.25, 0.3) is 0 Å². The monoisotopic (exact) mass is 384 g/mol. The molecule has 146 valence electrons. The minimum atomic E-state index is 0.0554. The van der Waals surface area contributed by atoms with Gasteiger partial charge in [0, 0.05) is 29.6 Å². The van der Waals surface area contributed by atoms with Gasteiger partial charge in [0.2, 0.25) is 5.91 Å². The zero-order valence-corrected chi connectivity index (χ0v) is 16.4. The average molecular weight is 384 g/mol. The van der Waals surface area contributed by atoms with Crippen LogP contribution in [0.1, 0.15) is 17.5 Å². The van der Waals surface area contributed by atoms with Gasteiger partial charge in [0.05, 0.1) is 7.11 Å². The molecule has 0 aliphatic heterocycles. The van der Waals surface area contributed by atoms with Crippen molar-refractivity contribution in [2.75, 3.05) is 7.11 Å². The third-order valence-corrected chi connectivity index (χ3v) is 5.13. The third kappa shape index (κ3) is 4.32. The van der Waals surface area contributed by atoms with Crippen LogP contribution in [0.5, 0.6) is 5.75 Å². The first-order chi connectivity index (χ1) is 14.2. The summed E-state index contributed by atoms with van der Waals surface area (Å²) in [6.45, 7) is 0.554. The minimum absolute atomic E-state index is 0.0554. The van der Waals surface area contributed by atoms with Crippen LogP contribution in [0.25, 0.3) is 22.2 Å². The molecule has 0 spiro atoms. The SMILES string of the molecule is COc1ccc(-c2[nH]c3ccccc3c2CCC(=O)NCc2ccccc2)cc1. The van der Waals surface area contributed by atoms with Crippen molar-refractivity contribution in [3.63, 3.8) is 0 Å². The van der Waals surface area contributed by atoms with E-state index in [0.29, 0.717) is 19.4 Å². The van der Waals surface area contributed by atoms with Crippen molar-refractivity contribution in [2.45, 2.75) is 19.4 Å². The molecule has 0 unspecified atom stereocenters. The lowest BCUT2D eigenvalue weighted by Gasteiger charge is -2.08. The standard InChI is InChI=1S/C25H24N2O2/c1-29-20-13-11-19(12-14-20)25-22(21-9-5-6-10-23(21)27-25)15-16-24(28)26-17-18-7-3-2-4-8-18/h2-14,27H,15-17H2,1H3,(H,26,28). The second-order valence-corrected chi connectivity index (χ2v) is 7.01. The van der Waals surface area contributed by atoms with Crippen LogP contribution in [0.2, 0.25) is 0 Å². The number of benzene rings is 3. The van der Waals surface area contributed by atoms with Crippen LogP contribution in [0.3, 0.4) is 0 Å². The fraction of sp³-hybridized carbons (Fsp3) is 0.160. The maximum atomic E-state index is 12.4. The molecule has 4 rings (SSSR count). The van der Waals surface area contributed by atoms with E-state index in [4.69, 9.17) is 4.74 Å². The summed E-state index contributed by atoms with van der Waals surface area (Å²) in [5.74, 6) is 0.881. The Morgan fingerprint density at radius 1 is 0.931 bits per heavy atom. The van der Waals surface area contributed by atoms with E-state index in [9.17, 15) is 4.79 Å². The molecular weight excluding hydrogens is 360 g/mol. The fourth-order valence-electron chi connectivity index (χ4n) is 3.59. The molecule has 1 amide bonds. The van der Waals surface area contributed by atoms with Crippen molar-refractivity contribution in [3.05, 3.63) is 90.0 Å². The van der Waals surface area contributed by atoms with Gasteiger partial charge in [-0.05, 0) is 53.4 Å². The Hall–Kier alpha value is -3.53. The summed E-state index contributed by atoms with van der Waals surface area (Å²) in [5.41, 5.74) is 5.50. The summed E-state index contributed by atoms with van der Waals surface area (Å²) < 4.78 is 5.27. The number of hydrogen-bond acceptors (Lipinski definition) is 2. The second kappa shape index (κ2) is 8.65. The van der Waals surface area contributed by atoms with E-state index in [1.807, 2.05) is 66.7 Å². The Morgan fingerprint density at radius 2 is 1.66 bits per heavy atom. The van der Waals surface area contributed by atoms with Crippen molar-refractivity contribution in [3.8, 4) is 17.0 Å². The number of aryl methyl sites for hydroxylation is 1. The number of carbonyl (C=O) groups excluding carboxylic acids is 1. The number of rotatable bonds is 7. The predicted molar refractivity (Wildman–Crippen MR) is 117 cm³/mol. The number of H-pyrrole nitrogens is 1. The molecule has 2 N–H and O–H groups in total. The predicted octanol–water partition coefficient (Wildman–Crippen LogP) is 5.09. The highest BCUT2D eigenvalue weighted by molar-refractivity contribution is 5.91. The number of amides is 1. The lowest BCUT2D eigenvalue weighted by molar-refractivity contribution is -0.121. The fourth-order valence-corrected chi connectivity index (χ4v) is 3.59. The van der Waals surface area contributed by atoms with Gasteiger partial charge in [-0.15, -0.1) is 0 Å². The van der Waals surface area contributed by atoms with E-state index in [-0.39, 0.29) is 5.91 Å². The summed E-state index contributed by atoms with van der Waals surface area (Å²) in [5, 5.41) is 4.18. The quantitative estimate of drug-likeness (QED) is 0.466. The maximum Gasteiger partial charge on any atom is 0.220 e. The van der Waals surface area contributed by atoms with Crippen molar-refractivity contribution in [2.24, 2.45) is 0 Å². The highest BCUT2D eigenvalue weighted by Crippen LogP contribution is 2.32. The normalized spacial score (nSPS) is 10.8. The first kappa shape index (κ1) is 18.8. The topological polar surface area (TPSA) is 54.1 Å². The summed E-state index contributed by atoms with van der Waals surface area (Å²) >= 11 is 0. The molecule has 0 bridgehead atoms. The molecule has 29 heavy (non-hydrogen) atoms. The molecule has 4 heteroatoms. The first-order valence-corrected chi connectivity index (χ1v) is 9.79. The van der Waals surface area contributed by atoms with Crippen LogP contribution >= 0.6 is 0 Å². The van der Waals surface area contributed by atoms with Gasteiger partial charge < -0.3 is 15.0 Å².